The van der Waals surface area contributed by atoms with Crippen LogP contribution in [0.4, 0.5) is 34.1 Å². The Kier molecular flexibility index (Phi) is 17.6. The van der Waals surface area contributed by atoms with Gasteiger partial charge < -0.3 is 48.3 Å². The zero-order chi connectivity index (χ0) is 54.4. The number of hydrogen-bond acceptors (Lipinski definition) is 11. The minimum Gasteiger partial charge on any atom is -0.506 e. The molecule has 2 amide bonds. The van der Waals surface area contributed by atoms with Crippen molar-refractivity contribution in [3.63, 3.8) is 0 Å². The zero-order valence-corrected chi connectivity index (χ0v) is 44.4. The van der Waals surface area contributed by atoms with Gasteiger partial charge in [-0.2, -0.15) is 0 Å². The van der Waals surface area contributed by atoms with E-state index in [4.69, 9.17) is 21.4 Å². The van der Waals surface area contributed by atoms with Gasteiger partial charge in [-0.3, -0.25) is 14.6 Å². The van der Waals surface area contributed by atoms with E-state index in [9.17, 15) is 19.8 Å². The van der Waals surface area contributed by atoms with Crippen LogP contribution >= 0.6 is 0 Å². The summed E-state index contributed by atoms with van der Waals surface area (Å²) in [4.78, 5) is 35.7. The summed E-state index contributed by atoms with van der Waals surface area (Å²) in [5, 5.41) is 37.4. The van der Waals surface area contributed by atoms with Crippen molar-refractivity contribution in [2.75, 3.05) is 48.3 Å². The monoisotopic (exact) mass is 1040 g/mol. The summed E-state index contributed by atoms with van der Waals surface area (Å²) in [7, 11) is 0. The van der Waals surface area contributed by atoms with Gasteiger partial charge in [0.25, 0.3) is 11.8 Å². The van der Waals surface area contributed by atoms with Crippen molar-refractivity contribution < 1.29 is 24.4 Å². The van der Waals surface area contributed by atoms with Gasteiger partial charge in [0.1, 0.15) is 22.5 Å². The number of unbranched alkanes of at least 4 members (excludes halogenated alkanes) is 6. The van der Waals surface area contributed by atoms with Gasteiger partial charge in [0, 0.05) is 103 Å². The highest BCUT2D eigenvalue weighted by Gasteiger charge is 2.23. The van der Waals surface area contributed by atoms with Gasteiger partial charge in [-0.05, 0) is 116 Å². The summed E-state index contributed by atoms with van der Waals surface area (Å²) >= 11 is 0. The Morgan fingerprint density at radius 1 is 0.590 bits per heavy atom. The van der Waals surface area contributed by atoms with Crippen LogP contribution in [0.5, 0.6) is 11.5 Å². The fourth-order valence-electron chi connectivity index (χ4n) is 9.66. The van der Waals surface area contributed by atoms with Crippen LogP contribution in [0.3, 0.4) is 0 Å². The van der Waals surface area contributed by atoms with Crippen molar-refractivity contribution in [3.05, 3.63) is 186 Å². The van der Waals surface area contributed by atoms with Crippen LogP contribution in [0, 0.1) is 6.92 Å². The number of phenols is 2. The molecule has 0 spiro atoms. The minimum absolute atomic E-state index is 0.00192. The van der Waals surface area contributed by atoms with Crippen LogP contribution in [0.25, 0.3) is 38.9 Å². The molecule has 0 unspecified atom stereocenters. The first kappa shape index (κ1) is 53.6. The molecule has 78 heavy (non-hydrogen) atoms. The maximum atomic E-state index is 13.0. The number of carbonyl (C=O) groups excluding carboxylic acids is 2. The molecule has 0 saturated heterocycles. The van der Waals surface area contributed by atoms with E-state index in [1.807, 2.05) is 109 Å². The highest BCUT2D eigenvalue weighted by Crippen LogP contribution is 2.37. The second-order valence-electron chi connectivity index (χ2n) is 19.9. The first-order valence-corrected chi connectivity index (χ1v) is 27.0. The molecular formula is C64H69N10O4+. The molecule has 14 nitrogen and oxygen atoms in total. The quantitative estimate of drug-likeness (QED) is 0.00738. The second-order valence-corrected chi connectivity index (χ2v) is 19.9. The number of nitrogens with one attached hydrogen (secondary N) is 5. The molecular weight excluding hydrogens is 973 g/mol. The number of fused-ring (bicyclic) bond motifs is 2. The fraction of sp³-hybridized carbons (Fsp3) is 0.234. The lowest BCUT2D eigenvalue weighted by Crippen LogP contribution is -2.33. The Morgan fingerprint density at radius 2 is 1.13 bits per heavy atom. The maximum absolute atomic E-state index is 13.0. The van der Waals surface area contributed by atoms with Crippen LogP contribution < -0.4 is 42.6 Å². The third-order valence-corrected chi connectivity index (χ3v) is 14.0. The number of aromatic nitrogens is 2. The summed E-state index contributed by atoms with van der Waals surface area (Å²) < 4.78 is 2.14. The lowest BCUT2D eigenvalue weighted by molar-refractivity contribution is -0.538. The van der Waals surface area contributed by atoms with E-state index < -0.39 is 0 Å². The Balaban J connectivity index is 0.639. The van der Waals surface area contributed by atoms with Gasteiger partial charge in [0.05, 0.1) is 22.7 Å². The fourth-order valence-corrected chi connectivity index (χ4v) is 9.66. The van der Waals surface area contributed by atoms with Gasteiger partial charge in [-0.1, -0.05) is 92.4 Å². The molecule has 7 aromatic carbocycles. The number of anilines is 5. The number of allylic oxidation sites excluding steroid dienone is 3. The number of para-hydroxylation sites is 2. The van der Waals surface area contributed by atoms with Crippen molar-refractivity contribution in [2.24, 2.45) is 4.99 Å². The van der Waals surface area contributed by atoms with Crippen LogP contribution in [-0.2, 0) is 0 Å². The van der Waals surface area contributed by atoms with Crippen molar-refractivity contribution in [3.8, 4) is 28.3 Å². The second kappa shape index (κ2) is 25.6. The Hall–Kier alpha value is -9.17. The molecule has 0 atom stereocenters. The third-order valence-electron chi connectivity index (χ3n) is 14.0. The molecule has 0 fully saturated rings. The standard InChI is InChI=1S/C64H68N10O4/c1-42-35-49(72-56-40-61(75)51(65)37-55(56)71-48-17-9-7-10-18-48)29-30-53(42)67-31-13-3-5-15-33-69-63(77)46-25-21-44(22-26-46)45-23-27-47(28-24-45)64(78)70-34-16-6-4-14-32-68-54-39-60-57(36-43(54)2)73-58-41-62(76)52(66)38-59(58)74(60)50-19-11-8-12-20-50/h7-12,17-28,30,35-41,67H,3-6,13-16,29,31-34H2,1-2H3,(H9,65,66,68,69,70,71,73,75,76,77,78)/p+1. The Bertz CT molecular complexity index is 3510. The predicted octanol–water partition coefficient (Wildman–Crippen LogP) is 12.2. The van der Waals surface area contributed by atoms with Gasteiger partial charge in [-0.15, -0.1) is 4.57 Å². The number of aromatic hydroxyl groups is 2. The van der Waals surface area contributed by atoms with Crippen molar-refractivity contribution in [2.45, 2.75) is 71.6 Å². The number of hydrogen-bond donors (Lipinski definition) is 9. The van der Waals surface area contributed by atoms with Crippen molar-refractivity contribution in [1.82, 2.24) is 20.9 Å². The van der Waals surface area contributed by atoms with E-state index in [0.717, 1.165) is 137 Å². The lowest BCUT2D eigenvalue weighted by atomic mass is 10.0. The number of aryl methyl sites for hydroxylation is 1. The number of nitrogen functional groups attached to an aromatic ring is 2. The number of nitrogens with zero attached hydrogens (tertiary/aromatic N) is 3. The molecule has 9 rings (SSSR count). The molecule has 11 N–H and O–H groups in total. The Morgan fingerprint density at radius 3 is 1.74 bits per heavy atom. The molecule has 0 bridgehead atoms. The van der Waals surface area contributed by atoms with E-state index >= 15 is 0 Å². The molecule has 1 aromatic heterocycles. The van der Waals surface area contributed by atoms with Crippen LogP contribution in [-0.4, -0.2) is 58.9 Å². The van der Waals surface area contributed by atoms with Gasteiger partial charge >= 0.3 is 0 Å². The molecule has 1 aliphatic rings. The van der Waals surface area contributed by atoms with E-state index in [0.29, 0.717) is 47.5 Å². The zero-order valence-electron chi connectivity index (χ0n) is 44.4. The average Bonchev–Trinajstić information content (AvgIpc) is 3.60. The van der Waals surface area contributed by atoms with Crippen LogP contribution in [0.1, 0.15) is 91.0 Å². The van der Waals surface area contributed by atoms with E-state index in [1.54, 1.807) is 24.3 Å². The van der Waals surface area contributed by atoms with Crippen LogP contribution in [0.15, 0.2) is 174 Å². The summed E-state index contributed by atoms with van der Waals surface area (Å²) in [5.74, 6) is -0.169. The highest BCUT2D eigenvalue weighted by atomic mass is 16.3. The molecule has 1 heterocycles. The summed E-state index contributed by atoms with van der Waals surface area (Å²) in [6.45, 7) is 7.03. The number of amides is 2. The number of aliphatic imine (C=N–C) groups is 1. The van der Waals surface area contributed by atoms with Gasteiger partial charge in [-0.25, -0.2) is 4.98 Å². The van der Waals surface area contributed by atoms with Crippen LogP contribution in [0.2, 0.25) is 0 Å². The minimum atomic E-state index is -0.0922. The summed E-state index contributed by atoms with van der Waals surface area (Å²) in [5.41, 5.74) is 27.6. The summed E-state index contributed by atoms with van der Waals surface area (Å²) in [6.07, 6.45) is 12.8. The van der Waals surface area contributed by atoms with Gasteiger partial charge in [0.2, 0.25) is 16.7 Å². The number of phenolic OH excluding ortho intramolecular Hbond substituents is 2. The smallest absolute Gasteiger partial charge is 0.251 e. The molecule has 1 aliphatic carbocycles. The van der Waals surface area contributed by atoms with E-state index in [1.165, 1.54) is 0 Å². The lowest BCUT2D eigenvalue weighted by Gasteiger charge is -2.17. The number of carbonyl (C=O) groups is 2. The topological polar surface area (TPSA) is 216 Å². The highest BCUT2D eigenvalue weighted by molar-refractivity contribution is 6.01. The van der Waals surface area contributed by atoms with E-state index in [2.05, 4.69) is 69.3 Å². The van der Waals surface area contributed by atoms with Gasteiger partial charge in [0.15, 0.2) is 0 Å². The maximum Gasteiger partial charge on any atom is 0.251 e. The Labute approximate surface area is 456 Å². The number of nitrogens with two attached hydrogens (primary N) is 2. The molecule has 8 aromatic rings. The summed E-state index contributed by atoms with van der Waals surface area (Å²) in [6, 6.07) is 45.9. The SMILES string of the molecule is CC1=CC(=Nc2cc(O)c(N)cc2Nc2ccccc2)CC=C1NCCCCCCNC(=O)c1ccc(-c2ccc(C(=O)NCCCCCCNc3cc4c(cc3C)nc3cc(O)c(N)cc3[n+]4-c3ccccc3)cc2)cc1. The normalized spacial score (nSPS) is 12.8. The third kappa shape index (κ3) is 13.6. The largest absolute Gasteiger partial charge is 0.506 e. The van der Waals surface area contributed by atoms with E-state index in [-0.39, 0.29) is 29.0 Å². The number of rotatable bonds is 23. The molecule has 0 radical (unpaired) electrons. The predicted molar refractivity (Wildman–Crippen MR) is 317 cm³/mol. The number of benzene rings is 7. The molecule has 0 aliphatic heterocycles. The first-order valence-electron chi connectivity index (χ1n) is 27.0. The average molecular weight is 1040 g/mol. The first-order chi connectivity index (χ1) is 38.0. The molecule has 0 saturated carbocycles. The molecule has 398 valence electrons. The van der Waals surface area contributed by atoms with Crippen molar-refractivity contribution >= 4 is 73.7 Å². The van der Waals surface area contributed by atoms with Crippen molar-refractivity contribution in [1.29, 1.82) is 0 Å². The molecule has 14 heteroatoms.